The molecule has 4 aromatic carbocycles. The first-order valence-corrected chi connectivity index (χ1v) is 18.5. The van der Waals surface area contributed by atoms with Gasteiger partial charge in [0.15, 0.2) is 0 Å². The van der Waals surface area contributed by atoms with Gasteiger partial charge in [-0.25, -0.2) is 0 Å². The molecule has 6 nitrogen and oxygen atoms in total. The van der Waals surface area contributed by atoms with Crippen LogP contribution in [0.3, 0.4) is 0 Å². The number of carboxylic acids is 1. The Hall–Kier alpha value is -2.47. The second-order valence-corrected chi connectivity index (χ2v) is 18.2. The van der Waals surface area contributed by atoms with Crippen LogP contribution in [0, 0.1) is 6.92 Å². The zero-order valence-electron chi connectivity index (χ0n) is 24.0. The summed E-state index contributed by atoms with van der Waals surface area (Å²) >= 11 is -3.38. The van der Waals surface area contributed by atoms with Crippen molar-refractivity contribution in [2.75, 3.05) is 39.5 Å². The molecule has 0 saturated carbocycles. The van der Waals surface area contributed by atoms with E-state index < -0.39 is 25.2 Å². The van der Waals surface area contributed by atoms with Crippen molar-refractivity contribution < 1.29 is 25.2 Å². The van der Waals surface area contributed by atoms with Crippen LogP contribution < -0.4 is 33.6 Å². The minimum Gasteiger partial charge on any atom is -0.854 e. The standard InChI is InChI=1S/C28H26GeO2.C6H12NO3.Sn/c1-22-17-19-23(20-18-22)27(28(30)31)21-29(24-11-5-2-6-12-24,25-13-7-3-8-14-25)26-15-9-4-10-16-26;8-4-1-7(2-5-9)3-6-10;/h2-20,27H,21H2,1H3,(H,30,31);1-6H2;/q;-3;+4/p-1. The molecule has 0 N–H and O–H groups in total. The van der Waals surface area contributed by atoms with Gasteiger partial charge in [-0.15, -0.1) is 19.8 Å². The molecular weight excluding hydrogens is 694 g/mol. The van der Waals surface area contributed by atoms with Crippen LogP contribution in [0.5, 0.6) is 0 Å². The number of hydrogen-bond acceptors (Lipinski definition) is 6. The summed E-state index contributed by atoms with van der Waals surface area (Å²) < 4.78 is 3.75. The van der Waals surface area contributed by atoms with Gasteiger partial charge in [0.25, 0.3) is 0 Å². The minimum atomic E-state index is -3.38. The number of nitrogens with zero attached hydrogens (tertiary/aromatic N) is 1. The van der Waals surface area contributed by atoms with Crippen LogP contribution in [0.1, 0.15) is 17.0 Å². The van der Waals surface area contributed by atoms with E-state index in [9.17, 15) is 25.2 Å². The van der Waals surface area contributed by atoms with E-state index in [0.717, 1.165) is 11.1 Å². The number of aliphatic carboxylic acids is 1. The number of carboxylic acid groups (broad SMARTS) is 1. The molecule has 0 fully saturated rings. The molecule has 0 aliphatic heterocycles. The van der Waals surface area contributed by atoms with Gasteiger partial charge >= 0.3 is 211 Å². The summed E-state index contributed by atoms with van der Waals surface area (Å²) in [5, 5.41) is 43.2. The minimum absolute atomic E-state index is 0. The van der Waals surface area contributed by atoms with Crippen molar-refractivity contribution in [3.63, 3.8) is 0 Å². The summed E-state index contributed by atoms with van der Waals surface area (Å²) in [4.78, 5) is 14.1. The quantitative estimate of drug-likeness (QED) is 0.163. The maximum atomic E-state index is 12.5. The number of rotatable bonds is 13. The van der Waals surface area contributed by atoms with Gasteiger partial charge in [-0.3, -0.25) is 0 Å². The summed E-state index contributed by atoms with van der Waals surface area (Å²) in [6, 6.07) is 39.2. The first-order chi connectivity index (χ1) is 20.0. The topological polar surface area (TPSA) is 113 Å². The molecule has 0 heterocycles. The van der Waals surface area contributed by atoms with Gasteiger partial charge in [0.05, 0.1) is 0 Å². The number of benzene rings is 4. The van der Waals surface area contributed by atoms with Gasteiger partial charge < -0.3 is 20.2 Å². The van der Waals surface area contributed by atoms with E-state index in [4.69, 9.17) is 0 Å². The monoisotopic (exact) mass is 733 g/mol. The predicted octanol–water partition coefficient (Wildman–Crippen LogP) is -1.01. The Morgan fingerprint density at radius 3 is 1.31 bits per heavy atom. The Bertz CT molecular complexity index is 1180. The summed E-state index contributed by atoms with van der Waals surface area (Å²) in [5.41, 5.74) is 1.92. The maximum absolute atomic E-state index is 12.5. The Labute approximate surface area is 269 Å². The van der Waals surface area contributed by atoms with E-state index in [1.54, 1.807) is 4.90 Å². The molecule has 216 valence electrons. The maximum Gasteiger partial charge on any atom is 4.00 e. The van der Waals surface area contributed by atoms with Crippen LogP contribution in [0.4, 0.5) is 0 Å². The molecule has 4 rings (SSSR count). The Morgan fingerprint density at radius 2 is 1.00 bits per heavy atom. The molecule has 0 saturated heterocycles. The van der Waals surface area contributed by atoms with Crippen molar-refractivity contribution in [1.29, 1.82) is 0 Å². The zero-order valence-corrected chi connectivity index (χ0v) is 28.9. The van der Waals surface area contributed by atoms with Crippen LogP contribution in [-0.4, -0.2) is 87.5 Å². The Morgan fingerprint density at radius 1 is 0.643 bits per heavy atom. The summed E-state index contributed by atoms with van der Waals surface area (Å²) in [6.07, 6.45) is 0. The fraction of sp³-hybridized carbons (Fsp3) is 0.265. The van der Waals surface area contributed by atoms with Crippen LogP contribution in [0.25, 0.3) is 0 Å². The summed E-state index contributed by atoms with van der Waals surface area (Å²) in [5.74, 6) is -1.69. The number of hydrogen-bond donors (Lipinski definition) is 0. The molecule has 0 amide bonds. The molecule has 0 aliphatic carbocycles. The van der Waals surface area contributed by atoms with Gasteiger partial charge in [0, 0.05) is 0 Å². The molecule has 0 bridgehead atoms. The normalized spacial score (nSPS) is 11.6. The molecule has 8 heteroatoms. The third kappa shape index (κ3) is 9.79. The number of carbonyl (C=O) groups excluding carboxylic acids is 1. The van der Waals surface area contributed by atoms with Gasteiger partial charge in [0.2, 0.25) is 0 Å². The average Bonchev–Trinajstić information content (AvgIpc) is 3.00. The number of carbonyl (C=O) groups is 1. The van der Waals surface area contributed by atoms with E-state index in [1.807, 2.05) is 49.4 Å². The molecule has 0 aromatic heterocycles. The van der Waals surface area contributed by atoms with E-state index in [1.165, 1.54) is 13.2 Å². The molecular formula is C34H37GeNO5Sn. The number of aryl methyl sites for hydroxylation is 1. The van der Waals surface area contributed by atoms with Crippen molar-refractivity contribution in [2.24, 2.45) is 0 Å². The molecule has 4 aromatic rings. The molecule has 0 radical (unpaired) electrons. The molecule has 0 aliphatic rings. The second kappa shape index (κ2) is 18.9. The SMILES string of the molecule is Cc1ccc(C([CH2][Ge]([c]2ccccc2)([c]2ccccc2)[c]2ccccc2)C(=O)[O-])cc1.[O-]CCN(CC[O-])CC[O-].[Sn+4]. The van der Waals surface area contributed by atoms with E-state index in [0.29, 0.717) is 24.9 Å². The zero-order chi connectivity index (χ0) is 29.5. The molecule has 0 spiro atoms. The Kier molecular flexibility index (Phi) is 16.1. The van der Waals surface area contributed by atoms with Crippen LogP contribution in [0.2, 0.25) is 5.25 Å². The fourth-order valence-corrected chi connectivity index (χ4v) is 15.7. The smallest absolute Gasteiger partial charge is 0.854 e. The van der Waals surface area contributed by atoms with Gasteiger partial charge in [-0.2, -0.15) is 0 Å². The van der Waals surface area contributed by atoms with Crippen molar-refractivity contribution in [3.8, 4) is 0 Å². The summed E-state index contributed by atoms with van der Waals surface area (Å²) in [7, 11) is 0. The van der Waals surface area contributed by atoms with Gasteiger partial charge in [-0.1, -0.05) is 0 Å². The first-order valence-electron chi connectivity index (χ1n) is 13.9. The van der Waals surface area contributed by atoms with E-state index >= 15 is 0 Å². The van der Waals surface area contributed by atoms with E-state index in [2.05, 4.69) is 72.8 Å². The molecule has 1 atom stereocenters. The summed E-state index contributed by atoms with van der Waals surface area (Å²) in [6.45, 7) is 2.28. The predicted molar refractivity (Wildman–Crippen MR) is 165 cm³/mol. The van der Waals surface area contributed by atoms with E-state index in [-0.39, 0.29) is 43.7 Å². The Balaban J connectivity index is 0.000000483. The fourth-order valence-electron chi connectivity index (χ4n) is 5.19. The van der Waals surface area contributed by atoms with Crippen molar-refractivity contribution in [3.05, 3.63) is 126 Å². The van der Waals surface area contributed by atoms with Gasteiger partial charge in [0.1, 0.15) is 0 Å². The third-order valence-corrected chi connectivity index (χ3v) is 17.7. The van der Waals surface area contributed by atoms with Crippen molar-refractivity contribution in [2.45, 2.75) is 18.1 Å². The second-order valence-electron chi connectivity index (χ2n) is 9.94. The van der Waals surface area contributed by atoms with Crippen LogP contribution in [-0.2, 0) is 4.79 Å². The first kappa shape index (κ1) is 35.7. The van der Waals surface area contributed by atoms with Crippen molar-refractivity contribution >= 4 is 56.3 Å². The third-order valence-electron chi connectivity index (χ3n) is 7.30. The van der Waals surface area contributed by atoms with Crippen LogP contribution in [0.15, 0.2) is 115 Å². The largest absolute Gasteiger partial charge is 4.00 e. The van der Waals surface area contributed by atoms with Crippen LogP contribution >= 0.6 is 0 Å². The molecule has 1 unspecified atom stereocenters. The van der Waals surface area contributed by atoms with Gasteiger partial charge in [-0.05, 0) is 19.6 Å². The molecule has 42 heavy (non-hydrogen) atoms. The van der Waals surface area contributed by atoms with Crippen molar-refractivity contribution in [1.82, 2.24) is 4.90 Å². The average molecular weight is 731 g/mol.